The minimum absolute atomic E-state index is 0.252. The average Bonchev–Trinajstić information content (AvgIpc) is 3.34. The molecular formula is C25H27FN4. The molecule has 0 N–H and O–H groups in total. The van der Waals surface area contributed by atoms with E-state index in [0.717, 1.165) is 34.3 Å². The second kappa shape index (κ2) is 8.15. The largest absolute Gasteiger partial charge is 0.334 e. The SMILES string of the molecule is Cn1cc(-c2ccc(-c3cccc(F)c3)nc2)nc1C=CC1CCCN1CC1CC1. The van der Waals surface area contributed by atoms with Crippen molar-refractivity contribution in [2.75, 3.05) is 13.1 Å². The first-order valence-electron chi connectivity index (χ1n) is 10.8. The molecule has 1 saturated heterocycles. The standard InChI is InChI=1S/C25H27FN4/c1-29-17-24(20-9-11-23(27-15-20)19-4-2-5-21(26)14-19)28-25(29)12-10-22-6-3-13-30(22)16-18-7-8-18/h2,4-5,9-12,14-15,17-18,22H,3,6-8,13,16H2,1H3. The number of hydrogen-bond donors (Lipinski definition) is 0. The number of imidazole rings is 1. The summed E-state index contributed by atoms with van der Waals surface area (Å²) < 4.78 is 15.5. The number of hydrogen-bond acceptors (Lipinski definition) is 3. The van der Waals surface area contributed by atoms with E-state index in [2.05, 4.69) is 26.6 Å². The average molecular weight is 403 g/mol. The van der Waals surface area contributed by atoms with Crippen LogP contribution in [0.4, 0.5) is 4.39 Å². The number of nitrogens with zero attached hydrogens (tertiary/aromatic N) is 4. The summed E-state index contributed by atoms with van der Waals surface area (Å²) in [5.74, 6) is 1.64. The van der Waals surface area contributed by atoms with Crippen LogP contribution in [0.1, 0.15) is 31.5 Å². The summed E-state index contributed by atoms with van der Waals surface area (Å²) >= 11 is 0. The summed E-state index contributed by atoms with van der Waals surface area (Å²) in [6.07, 6.45) is 13.7. The van der Waals surface area contributed by atoms with Crippen molar-refractivity contribution in [3.63, 3.8) is 0 Å². The van der Waals surface area contributed by atoms with E-state index >= 15 is 0 Å². The molecule has 2 fully saturated rings. The molecule has 1 atom stereocenters. The third-order valence-electron chi connectivity index (χ3n) is 6.16. The Labute approximate surface area is 177 Å². The molecule has 3 heterocycles. The smallest absolute Gasteiger partial charge is 0.132 e. The number of halogens is 1. The quantitative estimate of drug-likeness (QED) is 0.570. The molecule has 3 aromatic rings. The third kappa shape index (κ3) is 4.21. The zero-order valence-corrected chi connectivity index (χ0v) is 17.3. The molecule has 2 aromatic heterocycles. The van der Waals surface area contributed by atoms with Gasteiger partial charge in [0.2, 0.25) is 0 Å². The van der Waals surface area contributed by atoms with Crippen LogP contribution in [0.2, 0.25) is 0 Å². The van der Waals surface area contributed by atoms with E-state index in [9.17, 15) is 4.39 Å². The van der Waals surface area contributed by atoms with Crippen molar-refractivity contribution < 1.29 is 4.39 Å². The van der Waals surface area contributed by atoms with Crippen LogP contribution in [0.15, 0.2) is 54.9 Å². The van der Waals surface area contributed by atoms with Crippen LogP contribution in [-0.2, 0) is 7.05 Å². The molecule has 0 amide bonds. The predicted octanol–water partition coefficient (Wildman–Crippen LogP) is 5.18. The second-order valence-corrected chi connectivity index (χ2v) is 8.54. The molecule has 0 bridgehead atoms. The first kappa shape index (κ1) is 19.2. The first-order chi connectivity index (χ1) is 14.7. The first-order valence-corrected chi connectivity index (χ1v) is 10.8. The Balaban J connectivity index is 1.31. The third-order valence-corrected chi connectivity index (χ3v) is 6.16. The van der Waals surface area contributed by atoms with Gasteiger partial charge in [0.25, 0.3) is 0 Å². The lowest BCUT2D eigenvalue weighted by Crippen LogP contribution is -2.29. The summed E-state index contributed by atoms with van der Waals surface area (Å²) in [6, 6.07) is 11.0. The Morgan fingerprint density at radius 2 is 2.00 bits per heavy atom. The topological polar surface area (TPSA) is 34.0 Å². The molecule has 154 valence electrons. The molecule has 1 unspecified atom stereocenters. The van der Waals surface area contributed by atoms with Crippen LogP contribution in [0.25, 0.3) is 28.6 Å². The molecule has 5 rings (SSSR count). The minimum Gasteiger partial charge on any atom is -0.334 e. The van der Waals surface area contributed by atoms with E-state index in [1.807, 2.05) is 37.6 Å². The minimum atomic E-state index is -0.252. The van der Waals surface area contributed by atoms with Crippen molar-refractivity contribution in [2.45, 2.75) is 31.7 Å². The molecule has 1 saturated carbocycles. The number of rotatable bonds is 6. The Kier molecular flexibility index (Phi) is 5.21. The molecule has 30 heavy (non-hydrogen) atoms. The van der Waals surface area contributed by atoms with Gasteiger partial charge in [0.1, 0.15) is 11.6 Å². The summed E-state index contributed by atoms with van der Waals surface area (Å²) in [4.78, 5) is 12.0. The Bertz CT molecular complexity index is 1050. The summed E-state index contributed by atoms with van der Waals surface area (Å²) in [5, 5.41) is 0. The van der Waals surface area contributed by atoms with Crippen molar-refractivity contribution in [1.82, 2.24) is 19.4 Å². The highest BCUT2D eigenvalue weighted by molar-refractivity contribution is 5.65. The molecule has 1 aliphatic carbocycles. The maximum atomic E-state index is 13.5. The molecule has 1 aliphatic heterocycles. The van der Waals surface area contributed by atoms with Gasteiger partial charge in [-0.25, -0.2) is 9.37 Å². The highest BCUT2D eigenvalue weighted by atomic mass is 19.1. The second-order valence-electron chi connectivity index (χ2n) is 8.54. The number of aryl methyl sites for hydroxylation is 1. The van der Waals surface area contributed by atoms with Crippen LogP contribution >= 0.6 is 0 Å². The monoisotopic (exact) mass is 402 g/mol. The Morgan fingerprint density at radius 1 is 1.10 bits per heavy atom. The van der Waals surface area contributed by atoms with Gasteiger partial charge in [-0.2, -0.15) is 0 Å². The van der Waals surface area contributed by atoms with E-state index < -0.39 is 0 Å². The lowest BCUT2D eigenvalue weighted by Gasteiger charge is -2.21. The number of pyridine rings is 1. The van der Waals surface area contributed by atoms with Gasteiger partial charge in [-0.05, 0) is 68.5 Å². The van der Waals surface area contributed by atoms with Gasteiger partial charge < -0.3 is 4.57 Å². The van der Waals surface area contributed by atoms with Crippen molar-refractivity contribution in [3.8, 4) is 22.5 Å². The molecule has 1 aromatic carbocycles. The van der Waals surface area contributed by atoms with Gasteiger partial charge in [-0.15, -0.1) is 0 Å². The highest BCUT2D eigenvalue weighted by Gasteiger charge is 2.29. The van der Waals surface area contributed by atoms with Crippen LogP contribution in [0, 0.1) is 11.7 Å². The van der Waals surface area contributed by atoms with Gasteiger partial charge in [0.15, 0.2) is 0 Å². The van der Waals surface area contributed by atoms with Gasteiger partial charge in [0.05, 0.1) is 11.4 Å². The van der Waals surface area contributed by atoms with Gasteiger partial charge in [0, 0.05) is 43.2 Å². The Morgan fingerprint density at radius 3 is 2.77 bits per heavy atom. The Hall–Kier alpha value is -2.79. The van der Waals surface area contributed by atoms with Crippen LogP contribution in [-0.4, -0.2) is 38.6 Å². The van der Waals surface area contributed by atoms with E-state index in [-0.39, 0.29) is 5.82 Å². The predicted molar refractivity (Wildman–Crippen MR) is 118 cm³/mol. The van der Waals surface area contributed by atoms with Crippen molar-refractivity contribution in [3.05, 3.63) is 66.5 Å². The maximum absolute atomic E-state index is 13.5. The molecule has 0 spiro atoms. The normalized spacial score (nSPS) is 19.7. The fourth-order valence-corrected chi connectivity index (χ4v) is 4.26. The highest BCUT2D eigenvalue weighted by Crippen LogP contribution is 2.32. The van der Waals surface area contributed by atoms with Crippen molar-refractivity contribution in [2.24, 2.45) is 13.0 Å². The van der Waals surface area contributed by atoms with E-state index in [1.165, 1.54) is 50.9 Å². The van der Waals surface area contributed by atoms with E-state index in [1.54, 1.807) is 6.07 Å². The van der Waals surface area contributed by atoms with Gasteiger partial charge in [-0.1, -0.05) is 18.2 Å². The number of likely N-dealkylation sites (tertiary alicyclic amines) is 1. The molecule has 2 aliphatic rings. The molecule has 5 heteroatoms. The van der Waals surface area contributed by atoms with Gasteiger partial charge in [-0.3, -0.25) is 9.88 Å². The molecular weight excluding hydrogens is 375 g/mol. The maximum Gasteiger partial charge on any atom is 0.132 e. The molecule has 0 radical (unpaired) electrons. The fourth-order valence-electron chi connectivity index (χ4n) is 4.26. The zero-order chi connectivity index (χ0) is 20.5. The lowest BCUT2D eigenvalue weighted by atomic mass is 10.1. The van der Waals surface area contributed by atoms with Crippen LogP contribution in [0.3, 0.4) is 0 Å². The summed E-state index contributed by atoms with van der Waals surface area (Å²) in [5.41, 5.74) is 3.39. The van der Waals surface area contributed by atoms with Crippen LogP contribution in [0.5, 0.6) is 0 Å². The van der Waals surface area contributed by atoms with Crippen molar-refractivity contribution in [1.29, 1.82) is 0 Å². The number of aromatic nitrogens is 3. The lowest BCUT2D eigenvalue weighted by molar-refractivity contribution is 0.278. The van der Waals surface area contributed by atoms with Crippen LogP contribution < -0.4 is 0 Å². The van der Waals surface area contributed by atoms with E-state index in [4.69, 9.17) is 4.98 Å². The fraction of sp³-hybridized carbons (Fsp3) is 0.360. The summed E-state index contributed by atoms with van der Waals surface area (Å²) in [7, 11) is 2.03. The van der Waals surface area contributed by atoms with E-state index in [0.29, 0.717) is 6.04 Å². The zero-order valence-electron chi connectivity index (χ0n) is 17.3. The number of benzene rings is 1. The summed E-state index contributed by atoms with van der Waals surface area (Å²) in [6.45, 7) is 2.48. The van der Waals surface area contributed by atoms with Crippen molar-refractivity contribution >= 4 is 6.08 Å². The van der Waals surface area contributed by atoms with Gasteiger partial charge >= 0.3 is 0 Å². The molecule has 4 nitrogen and oxygen atoms in total.